The third-order valence-corrected chi connectivity index (χ3v) is 4.54. The summed E-state index contributed by atoms with van der Waals surface area (Å²) in [5.74, 6) is 1.17. The highest BCUT2D eigenvalue weighted by atomic mass is 35.5. The third-order valence-electron chi connectivity index (χ3n) is 4.29. The van der Waals surface area contributed by atoms with E-state index in [9.17, 15) is 4.79 Å². The van der Waals surface area contributed by atoms with Crippen LogP contribution in [0.5, 0.6) is 5.75 Å². The fourth-order valence-corrected chi connectivity index (χ4v) is 2.98. The van der Waals surface area contributed by atoms with Crippen LogP contribution in [0.25, 0.3) is 11.5 Å². The second-order valence-electron chi connectivity index (χ2n) is 6.51. The van der Waals surface area contributed by atoms with Gasteiger partial charge in [0.2, 0.25) is 0 Å². The van der Waals surface area contributed by atoms with E-state index in [0.29, 0.717) is 40.2 Å². The second kappa shape index (κ2) is 9.24. The van der Waals surface area contributed by atoms with E-state index in [4.69, 9.17) is 20.9 Å². The molecule has 0 unspecified atom stereocenters. The quantitative estimate of drug-likeness (QED) is 0.456. The van der Waals surface area contributed by atoms with Gasteiger partial charge >= 0.3 is 0 Å². The average molecular weight is 420 g/mol. The van der Waals surface area contributed by atoms with Gasteiger partial charge in [0.05, 0.1) is 11.3 Å². The number of benzene rings is 3. The van der Waals surface area contributed by atoms with Gasteiger partial charge in [-0.25, -0.2) is 0 Å². The molecule has 7 heteroatoms. The zero-order valence-corrected chi connectivity index (χ0v) is 16.7. The van der Waals surface area contributed by atoms with Crippen molar-refractivity contribution in [3.63, 3.8) is 0 Å². The van der Waals surface area contributed by atoms with Gasteiger partial charge in [-0.1, -0.05) is 59.2 Å². The van der Waals surface area contributed by atoms with Crippen LogP contribution in [0.4, 0.5) is 5.69 Å². The summed E-state index contributed by atoms with van der Waals surface area (Å²) in [4.78, 5) is 16.8. The lowest BCUT2D eigenvalue weighted by atomic mass is 10.1. The Bertz CT molecular complexity index is 1130. The van der Waals surface area contributed by atoms with Crippen LogP contribution in [0.2, 0.25) is 5.02 Å². The SMILES string of the molecule is O=C(COc1ccc(Cl)cc1)Nc1ccccc1-c1nc(Cc2ccccc2)no1. The molecule has 1 amide bonds. The van der Waals surface area contributed by atoms with Crippen LogP contribution >= 0.6 is 11.6 Å². The Morgan fingerprint density at radius 2 is 1.70 bits per heavy atom. The van der Waals surface area contributed by atoms with Gasteiger partial charge in [0.15, 0.2) is 12.4 Å². The van der Waals surface area contributed by atoms with Crippen molar-refractivity contribution in [3.8, 4) is 17.2 Å². The molecule has 6 nitrogen and oxygen atoms in total. The van der Waals surface area contributed by atoms with Gasteiger partial charge < -0.3 is 14.6 Å². The maximum atomic E-state index is 12.4. The van der Waals surface area contributed by atoms with E-state index in [-0.39, 0.29) is 12.5 Å². The number of carbonyl (C=O) groups excluding carboxylic acids is 1. The first-order chi connectivity index (χ1) is 14.7. The van der Waals surface area contributed by atoms with Crippen molar-refractivity contribution in [2.45, 2.75) is 6.42 Å². The number of rotatable bonds is 7. The maximum Gasteiger partial charge on any atom is 0.262 e. The van der Waals surface area contributed by atoms with E-state index >= 15 is 0 Å². The second-order valence-corrected chi connectivity index (χ2v) is 6.95. The van der Waals surface area contributed by atoms with Crippen molar-refractivity contribution in [1.82, 2.24) is 10.1 Å². The molecule has 0 saturated heterocycles. The topological polar surface area (TPSA) is 77.2 Å². The summed E-state index contributed by atoms with van der Waals surface area (Å²) in [6.45, 7) is -0.140. The largest absolute Gasteiger partial charge is 0.484 e. The Hall–Kier alpha value is -3.64. The number of hydrogen-bond acceptors (Lipinski definition) is 5. The Morgan fingerprint density at radius 1 is 0.967 bits per heavy atom. The molecule has 0 saturated carbocycles. The zero-order chi connectivity index (χ0) is 20.8. The van der Waals surface area contributed by atoms with Crippen LogP contribution in [0.3, 0.4) is 0 Å². The first-order valence-corrected chi connectivity index (χ1v) is 9.69. The highest BCUT2D eigenvalue weighted by molar-refractivity contribution is 6.30. The Labute approximate surface area is 178 Å². The van der Waals surface area contributed by atoms with Gasteiger partial charge in [0, 0.05) is 11.4 Å². The normalized spacial score (nSPS) is 10.6. The Kier molecular flexibility index (Phi) is 6.06. The molecule has 1 N–H and O–H groups in total. The molecule has 0 aliphatic carbocycles. The van der Waals surface area contributed by atoms with Gasteiger partial charge in [-0.3, -0.25) is 4.79 Å². The van der Waals surface area contributed by atoms with Crippen molar-refractivity contribution in [2.24, 2.45) is 0 Å². The Balaban J connectivity index is 1.43. The number of anilines is 1. The van der Waals surface area contributed by atoms with Crippen molar-refractivity contribution in [1.29, 1.82) is 0 Å². The highest BCUT2D eigenvalue weighted by Gasteiger charge is 2.15. The zero-order valence-electron chi connectivity index (χ0n) is 15.9. The first-order valence-electron chi connectivity index (χ1n) is 9.31. The van der Waals surface area contributed by atoms with Crippen molar-refractivity contribution < 1.29 is 14.1 Å². The lowest BCUT2D eigenvalue weighted by Gasteiger charge is -2.09. The molecule has 150 valence electrons. The maximum absolute atomic E-state index is 12.4. The van der Waals surface area contributed by atoms with Gasteiger partial charge in [-0.2, -0.15) is 4.98 Å². The molecule has 4 aromatic rings. The van der Waals surface area contributed by atoms with E-state index in [1.54, 1.807) is 30.3 Å². The monoisotopic (exact) mass is 419 g/mol. The molecule has 0 aliphatic heterocycles. The number of amides is 1. The minimum atomic E-state index is -0.304. The predicted octanol–water partition coefficient (Wildman–Crippen LogP) is 5.00. The van der Waals surface area contributed by atoms with Crippen LogP contribution in [0.15, 0.2) is 83.4 Å². The summed E-state index contributed by atoms with van der Waals surface area (Å²) in [7, 11) is 0. The number of halogens is 1. The van der Waals surface area contributed by atoms with Gasteiger partial charge in [0.1, 0.15) is 5.75 Å². The van der Waals surface area contributed by atoms with Crippen LogP contribution < -0.4 is 10.1 Å². The van der Waals surface area contributed by atoms with E-state index < -0.39 is 0 Å². The molecule has 0 fully saturated rings. The summed E-state index contributed by atoms with van der Waals surface area (Å²) in [5, 5.41) is 7.49. The number of hydrogen-bond donors (Lipinski definition) is 1. The molecule has 0 bridgehead atoms. The van der Waals surface area contributed by atoms with Gasteiger partial charge in [-0.05, 0) is 42.0 Å². The summed E-state index contributed by atoms with van der Waals surface area (Å²) in [6.07, 6.45) is 0.563. The van der Waals surface area contributed by atoms with E-state index in [1.165, 1.54) is 0 Å². The molecular weight excluding hydrogens is 402 g/mol. The lowest BCUT2D eigenvalue weighted by molar-refractivity contribution is -0.118. The van der Waals surface area contributed by atoms with Crippen LogP contribution in [-0.2, 0) is 11.2 Å². The molecule has 30 heavy (non-hydrogen) atoms. The molecular formula is C23H18ClN3O3. The molecule has 0 aliphatic rings. The summed E-state index contributed by atoms with van der Waals surface area (Å²) in [6, 6.07) is 24.0. The molecule has 0 spiro atoms. The van der Waals surface area contributed by atoms with E-state index in [1.807, 2.05) is 48.5 Å². The number of nitrogens with one attached hydrogen (secondary N) is 1. The minimum absolute atomic E-state index is 0.140. The van der Waals surface area contributed by atoms with Gasteiger partial charge in [-0.15, -0.1) is 0 Å². The highest BCUT2D eigenvalue weighted by Crippen LogP contribution is 2.27. The fraction of sp³-hybridized carbons (Fsp3) is 0.0870. The van der Waals surface area contributed by atoms with Crippen LogP contribution in [0.1, 0.15) is 11.4 Å². The molecule has 1 heterocycles. The fourth-order valence-electron chi connectivity index (χ4n) is 2.86. The van der Waals surface area contributed by atoms with Gasteiger partial charge in [0.25, 0.3) is 11.8 Å². The third kappa shape index (κ3) is 5.04. The number of aromatic nitrogens is 2. The van der Waals surface area contributed by atoms with Crippen molar-refractivity contribution in [3.05, 3.63) is 95.3 Å². The standard InChI is InChI=1S/C23H18ClN3O3/c24-17-10-12-18(13-11-17)29-15-22(28)25-20-9-5-4-8-19(20)23-26-21(27-30-23)14-16-6-2-1-3-7-16/h1-13H,14-15H2,(H,25,28). The van der Waals surface area contributed by atoms with E-state index in [2.05, 4.69) is 15.5 Å². The summed E-state index contributed by atoms with van der Waals surface area (Å²) in [5.41, 5.74) is 2.30. The molecule has 1 aromatic heterocycles. The van der Waals surface area contributed by atoms with Crippen molar-refractivity contribution >= 4 is 23.2 Å². The molecule has 0 atom stereocenters. The first kappa shape index (κ1) is 19.7. The lowest BCUT2D eigenvalue weighted by Crippen LogP contribution is -2.20. The summed E-state index contributed by atoms with van der Waals surface area (Å²) < 4.78 is 10.9. The summed E-state index contributed by atoms with van der Waals surface area (Å²) >= 11 is 5.85. The van der Waals surface area contributed by atoms with Crippen LogP contribution in [0, 0.1) is 0 Å². The Morgan fingerprint density at radius 3 is 2.50 bits per heavy atom. The van der Waals surface area contributed by atoms with Crippen LogP contribution in [-0.4, -0.2) is 22.7 Å². The smallest absolute Gasteiger partial charge is 0.262 e. The number of ether oxygens (including phenoxy) is 1. The molecule has 3 aromatic carbocycles. The molecule has 4 rings (SSSR count). The van der Waals surface area contributed by atoms with E-state index in [0.717, 1.165) is 5.56 Å². The van der Waals surface area contributed by atoms with Crippen molar-refractivity contribution in [2.75, 3.05) is 11.9 Å². The average Bonchev–Trinajstić information content (AvgIpc) is 3.23. The predicted molar refractivity (Wildman–Crippen MR) is 115 cm³/mol. The number of para-hydroxylation sites is 1. The number of nitrogens with zero attached hydrogens (tertiary/aromatic N) is 2. The molecule has 0 radical (unpaired) electrons. The number of carbonyl (C=O) groups is 1. The minimum Gasteiger partial charge on any atom is -0.484 e.